The first kappa shape index (κ1) is 22.1. The van der Waals surface area contributed by atoms with Crippen molar-refractivity contribution in [3.8, 4) is 5.75 Å². The van der Waals surface area contributed by atoms with E-state index in [0.29, 0.717) is 30.1 Å². The second-order valence-corrected chi connectivity index (χ2v) is 10.5. The summed E-state index contributed by atoms with van der Waals surface area (Å²) >= 11 is 0. The van der Waals surface area contributed by atoms with E-state index < -0.39 is 15.1 Å². The van der Waals surface area contributed by atoms with E-state index >= 15 is 0 Å². The highest BCUT2D eigenvalue weighted by atomic mass is 32.2. The molecule has 168 valence electrons. The van der Waals surface area contributed by atoms with Crippen LogP contribution in [0.2, 0.25) is 0 Å². The van der Waals surface area contributed by atoms with E-state index in [1.165, 1.54) is 11.6 Å². The minimum Gasteiger partial charge on any atom is -0.482 e. The number of anilines is 1. The number of ether oxygens (including phenoxy) is 1. The lowest BCUT2D eigenvalue weighted by Crippen LogP contribution is -2.37. The Hall–Kier alpha value is -3.13. The average molecular weight is 455 g/mol. The molecule has 0 spiro atoms. The zero-order chi connectivity index (χ0) is 22.9. The quantitative estimate of drug-likeness (QED) is 0.749. The molecule has 0 saturated carbocycles. The Labute approximate surface area is 188 Å². The number of fused-ring (bicyclic) bond motifs is 1. The van der Waals surface area contributed by atoms with Crippen molar-refractivity contribution in [3.05, 3.63) is 59.7 Å². The van der Waals surface area contributed by atoms with Crippen molar-refractivity contribution in [2.45, 2.75) is 36.8 Å². The summed E-state index contributed by atoms with van der Waals surface area (Å²) in [6.07, 6.45) is 2.68. The van der Waals surface area contributed by atoms with Gasteiger partial charge in [-0.3, -0.25) is 9.59 Å². The molecule has 0 bridgehead atoms. The number of hydrogen-bond donors (Lipinski definition) is 1. The fraction of sp³-hybridized carbons (Fsp3) is 0.333. The van der Waals surface area contributed by atoms with Crippen LogP contribution >= 0.6 is 0 Å². The summed E-state index contributed by atoms with van der Waals surface area (Å²) in [6, 6.07) is 13.1. The van der Waals surface area contributed by atoms with Crippen LogP contribution in [0.4, 0.5) is 5.69 Å². The summed E-state index contributed by atoms with van der Waals surface area (Å²) in [6.45, 7) is 4.11. The van der Waals surface area contributed by atoms with Crippen molar-refractivity contribution in [2.24, 2.45) is 0 Å². The van der Waals surface area contributed by atoms with Crippen molar-refractivity contribution in [2.75, 3.05) is 25.0 Å². The lowest BCUT2D eigenvalue weighted by Gasteiger charge is -2.28. The molecule has 7 nitrogen and oxygen atoms in total. The van der Waals surface area contributed by atoms with Gasteiger partial charge in [-0.25, -0.2) is 8.42 Å². The molecule has 2 aromatic rings. The molecule has 32 heavy (non-hydrogen) atoms. The van der Waals surface area contributed by atoms with Crippen molar-refractivity contribution in [3.63, 3.8) is 0 Å². The van der Waals surface area contributed by atoms with Gasteiger partial charge in [-0.05, 0) is 43.0 Å². The van der Waals surface area contributed by atoms with Gasteiger partial charge in [-0.2, -0.15) is 0 Å². The van der Waals surface area contributed by atoms with Gasteiger partial charge in [0.1, 0.15) is 5.75 Å². The van der Waals surface area contributed by atoms with Crippen LogP contribution in [0.25, 0.3) is 5.57 Å². The maximum atomic E-state index is 13.2. The zero-order valence-electron chi connectivity index (χ0n) is 18.1. The summed E-state index contributed by atoms with van der Waals surface area (Å²) in [4.78, 5) is 26.2. The number of benzene rings is 2. The first-order chi connectivity index (χ1) is 15.3. The molecule has 2 aliphatic rings. The highest BCUT2D eigenvalue weighted by Crippen LogP contribution is 2.34. The summed E-state index contributed by atoms with van der Waals surface area (Å²) < 4.78 is 31.8. The van der Waals surface area contributed by atoms with Crippen molar-refractivity contribution >= 4 is 32.9 Å². The third kappa shape index (κ3) is 4.41. The Bertz CT molecular complexity index is 1190. The number of carbonyl (C=O) groups excluding carboxylic acids is 2. The first-order valence-corrected chi connectivity index (χ1v) is 12.1. The number of aryl methyl sites for hydroxylation is 1. The van der Waals surface area contributed by atoms with E-state index in [9.17, 15) is 18.0 Å². The van der Waals surface area contributed by atoms with Gasteiger partial charge in [0.2, 0.25) is 5.91 Å². The van der Waals surface area contributed by atoms with Crippen LogP contribution in [-0.2, 0) is 19.4 Å². The predicted molar refractivity (Wildman–Crippen MR) is 122 cm³/mol. The molecule has 0 radical (unpaired) electrons. The predicted octanol–water partition coefficient (Wildman–Crippen LogP) is 3.19. The maximum Gasteiger partial charge on any atom is 0.262 e. The third-order valence-corrected chi connectivity index (χ3v) is 8.19. The van der Waals surface area contributed by atoms with Gasteiger partial charge in [0.15, 0.2) is 16.4 Å². The fourth-order valence-electron chi connectivity index (χ4n) is 4.03. The van der Waals surface area contributed by atoms with Gasteiger partial charge in [0, 0.05) is 25.6 Å². The van der Waals surface area contributed by atoms with E-state index in [2.05, 4.69) is 5.32 Å². The van der Waals surface area contributed by atoms with E-state index in [0.717, 1.165) is 12.0 Å². The zero-order valence-corrected chi connectivity index (χ0v) is 18.9. The molecule has 0 aliphatic carbocycles. The second kappa shape index (κ2) is 8.78. The average Bonchev–Trinajstić information content (AvgIpc) is 2.79. The highest BCUT2D eigenvalue weighted by Gasteiger charge is 2.31. The molecular weight excluding hydrogens is 428 g/mol. The topological polar surface area (TPSA) is 92.8 Å². The number of nitrogens with one attached hydrogen (secondary N) is 1. The number of sulfone groups is 1. The number of rotatable bonds is 5. The maximum absolute atomic E-state index is 13.2. The van der Waals surface area contributed by atoms with Crippen LogP contribution in [0.5, 0.6) is 5.75 Å². The summed E-state index contributed by atoms with van der Waals surface area (Å²) in [7, 11) is -3.76. The van der Waals surface area contributed by atoms with Crippen molar-refractivity contribution < 1.29 is 22.7 Å². The van der Waals surface area contributed by atoms with Crippen LogP contribution in [0.1, 0.15) is 30.9 Å². The Kier molecular flexibility index (Phi) is 6.06. The molecular formula is C24H26N2O5S. The molecule has 0 aromatic heterocycles. The Morgan fingerprint density at radius 1 is 1.22 bits per heavy atom. The highest BCUT2D eigenvalue weighted by molar-refractivity contribution is 7.92. The molecule has 0 unspecified atom stereocenters. The largest absolute Gasteiger partial charge is 0.482 e. The number of hydrogen-bond acceptors (Lipinski definition) is 5. The molecule has 1 atom stereocenters. The van der Waals surface area contributed by atoms with Gasteiger partial charge in [0.25, 0.3) is 5.91 Å². The Morgan fingerprint density at radius 3 is 2.66 bits per heavy atom. The monoisotopic (exact) mass is 454 g/mol. The van der Waals surface area contributed by atoms with Gasteiger partial charge >= 0.3 is 0 Å². The SMILES string of the molecule is Cc1cc2c(cc1S(=O)(=O)[C@H](C)CC(=O)N1CC=C(c3ccccc3)CC1)OCC(=O)N2. The molecule has 0 fully saturated rings. The Morgan fingerprint density at radius 2 is 1.97 bits per heavy atom. The van der Waals surface area contributed by atoms with E-state index in [1.807, 2.05) is 36.4 Å². The van der Waals surface area contributed by atoms with Crippen molar-refractivity contribution in [1.29, 1.82) is 0 Å². The number of amides is 2. The van der Waals surface area contributed by atoms with Crippen molar-refractivity contribution in [1.82, 2.24) is 4.90 Å². The van der Waals surface area contributed by atoms with Gasteiger partial charge in [-0.1, -0.05) is 36.4 Å². The van der Waals surface area contributed by atoms with Gasteiger partial charge in [-0.15, -0.1) is 0 Å². The van der Waals surface area contributed by atoms with E-state index in [4.69, 9.17) is 4.74 Å². The second-order valence-electron chi connectivity index (χ2n) is 8.20. The molecule has 2 heterocycles. The van der Waals surface area contributed by atoms with Crippen LogP contribution in [0.3, 0.4) is 0 Å². The third-order valence-electron chi connectivity index (χ3n) is 5.91. The normalized spacial score (nSPS) is 17.0. The van der Waals surface area contributed by atoms with Crippen LogP contribution in [0.15, 0.2) is 53.4 Å². The number of nitrogens with zero attached hydrogens (tertiary/aromatic N) is 1. The van der Waals surface area contributed by atoms with Gasteiger partial charge in [0.05, 0.1) is 15.8 Å². The van der Waals surface area contributed by atoms with Crippen LogP contribution in [-0.4, -0.2) is 50.1 Å². The smallest absolute Gasteiger partial charge is 0.262 e. The molecule has 2 aliphatic heterocycles. The fourth-order valence-corrected chi connectivity index (χ4v) is 5.61. The molecule has 2 aromatic carbocycles. The van der Waals surface area contributed by atoms with Crippen LogP contribution in [0, 0.1) is 6.92 Å². The summed E-state index contributed by atoms with van der Waals surface area (Å²) in [5.41, 5.74) is 3.31. The first-order valence-electron chi connectivity index (χ1n) is 10.6. The standard InChI is InChI=1S/C24H26N2O5S/c1-16-12-20-21(31-15-23(27)25-20)14-22(16)32(29,30)17(2)13-24(28)26-10-8-19(9-11-26)18-6-4-3-5-7-18/h3-8,12,14,17H,9-11,13,15H2,1-2H3,(H,25,27)/t17-/m1/s1. The molecule has 4 rings (SSSR count). The summed E-state index contributed by atoms with van der Waals surface area (Å²) in [5, 5.41) is 1.79. The van der Waals surface area contributed by atoms with Gasteiger partial charge < -0.3 is 15.0 Å². The minimum atomic E-state index is -3.76. The molecule has 2 amide bonds. The van der Waals surface area contributed by atoms with Crippen LogP contribution < -0.4 is 10.1 Å². The molecule has 1 N–H and O–H groups in total. The van der Waals surface area contributed by atoms with E-state index in [1.54, 1.807) is 24.8 Å². The molecule has 0 saturated heterocycles. The lowest BCUT2D eigenvalue weighted by molar-refractivity contribution is -0.130. The lowest BCUT2D eigenvalue weighted by atomic mass is 9.99. The summed E-state index contributed by atoms with van der Waals surface area (Å²) in [5.74, 6) is -0.136. The van der Waals surface area contributed by atoms with E-state index in [-0.39, 0.29) is 29.7 Å². The minimum absolute atomic E-state index is 0.0923. The number of carbonyl (C=O) groups is 2. The Balaban J connectivity index is 1.45. The molecule has 8 heteroatoms.